The molecule has 0 atom stereocenters. The molecular formula is C30H25N3O3. The van der Waals surface area contributed by atoms with Gasteiger partial charge in [-0.15, -0.1) is 0 Å². The molecule has 36 heavy (non-hydrogen) atoms. The number of pyridine rings is 1. The molecule has 5 rings (SSSR count). The second-order valence-electron chi connectivity index (χ2n) is 8.57. The molecule has 6 nitrogen and oxygen atoms in total. The fraction of sp³-hybridized carbons (Fsp3) is 0.100. The normalized spacial score (nSPS) is 10.8. The number of ketones is 1. The number of carbonyl (C=O) groups is 2. The van der Waals surface area contributed by atoms with Crippen LogP contribution in [-0.4, -0.2) is 21.2 Å². The molecule has 0 bridgehead atoms. The van der Waals surface area contributed by atoms with Gasteiger partial charge in [0.25, 0.3) is 5.91 Å². The summed E-state index contributed by atoms with van der Waals surface area (Å²) in [6.07, 6.45) is 5.36. The van der Waals surface area contributed by atoms with E-state index in [1.807, 2.05) is 90.6 Å². The van der Waals surface area contributed by atoms with Crippen LogP contribution in [0.1, 0.15) is 38.8 Å². The van der Waals surface area contributed by atoms with E-state index in [4.69, 9.17) is 4.74 Å². The Morgan fingerprint density at radius 2 is 1.78 bits per heavy atom. The van der Waals surface area contributed by atoms with Gasteiger partial charge in [-0.1, -0.05) is 36.4 Å². The summed E-state index contributed by atoms with van der Waals surface area (Å²) >= 11 is 0. The highest BCUT2D eigenvalue weighted by molar-refractivity contribution is 5.96. The lowest BCUT2D eigenvalue weighted by Crippen LogP contribution is -2.23. The Hall–Kier alpha value is -4.71. The van der Waals surface area contributed by atoms with Crippen molar-refractivity contribution in [3.8, 4) is 17.2 Å². The number of rotatable bonds is 7. The first-order valence-electron chi connectivity index (χ1n) is 11.7. The fourth-order valence-electron chi connectivity index (χ4n) is 4.09. The molecule has 1 N–H and O–H groups in total. The molecule has 5 aromatic rings. The Labute approximate surface area is 209 Å². The van der Waals surface area contributed by atoms with Crippen molar-refractivity contribution >= 4 is 22.6 Å². The minimum Gasteiger partial charge on any atom is -0.456 e. The van der Waals surface area contributed by atoms with E-state index in [9.17, 15) is 9.59 Å². The van der Waals surface area contributed by atoms with Crippen molar-refractivity contribution in [1.29, 1.82) is 0 Å². The van der Waals surface area contributed by atoms with Gasteiger partial charge in [0, 0.05) is 52.9 Å². The van der Waals surface area contributed by atoms with Gasteiger partial charge in [-0.25, -0.2) is 0 Å². The van der Waals surface area contributed by atoms with Crippen LogP contribution >= 0.6 is 0 Å². The molecule has 0 saturated heterocycles. The topological polar surface area (TPSA) is 73.2 Å². The van der Waals surface area contributed by atoms with Crippen molar-refractivity contribution in [1.82, 2.24) is 14.9 Å². The predicted molar refractivity (Wildman–Crippen MR) is 140 cm³/mol. The summed E-state index contributed by atoms with van der Waals surface area (Å²) in [5.41, 5.74) is 4.68. The second kappa shape index (κ2) is 9.88. The number of fused-ring (bicyclic) bond motifs is 1. The number of benzene rings is 3. The first-order chi connectivity index (χ1) is 17.5. The summed E-state index contributed by atoms with van der Waals surface area (Å²) in [4.78, 5) is 29.0. The number of nitrogens with one attached hydrogen (secondary N) is 1. The van der Waals surface area contributed by atoms with Crippen molar-refractivity contribution in [3.63, 3.8) is 0 Å². The molecule has 0 aliphatic rings. The maximum Gasteiger partial charge on any atom is 0.251 e. The molecule has 2 aromatic heterocycles. The molecule has 0 saturated carbocycles. The minimum absolute atomic E-state index is 0.0229. The number of aromatic nitrogens is 2. The predicted octanol–water partition coefficient (Wildman–Crippen LogP) is 6.26. The lowest BCUT2D eigenvalue weighted by molar-refractivity contribution is 0.0949. The van der Waals surface area contributed by atoms with Gasteiger partial charge < -0.3 is 14.6 Å². The summed E-state index contributed by atoms with van der Waals surface area (Å²) in [7, 11) is 0. The maximum atomic E-state index is 12.9. The van der Waals surface area contributed by atoms with Crippen LogP contribution in [0.3, 0.4) is 0 Å². The van der Waals surface area contributed by atoms with Gasteiger partial charge in [0.05, 0.1) is 5.52 Å². The molecule has 0 spiro atoms. The molecule has 6 heteroatoms. The van der Waals surface area contributed by atoms with Crippen LogP contribution in [0.4, 0.5) is 0 Å². The maximum absolute atomic E-state index is 12.9. The number of hydrogen-bond acceptors (Lipinski definition) is 4. The lowest BCUT2D eigenvalue weighted by atomic mass is 10.1. The second-order valence-corrected chi connectivity index (χ2v) is 8.57. The Kier molecular flexibility index (Phi) is 6.33. The largest absolute Gasteiger partial charge is 0.456 e. The first kappa shape index (κ1) is 23.1. The standard InChI is InChI=1S/C30H25N3O3/c1-20-25(30(35)32-18-22-7-4-3-5-8-22)9-6-10-28(20)36-29-13-15-31-27-17-24(11-12-26(27)29)33-16-14-23(19-33)21(2)34/h3-17,19H,18H2,1-2H3,(H,32,35). The van der Waals surface area contributed by atoms with Gasteiger partial charge in [0.2, 0.25) is 0 Å². The summed E-state index contributed by atoms with van der Waals surface area (Å²) in [6.45, 7) is 3.89. The number of amides is 1. The van der Waals surface area contributed by atoms with E-state index < -0.39 is 0 Å². The number of ether oxygens (including phenoxy) is 1. The zero-order chi connectivity index (χ0) is 25.1. The van der Waals surface area contributed by atoms with E-state index >= 15 is 0 Å². The van der Waals surface area contributed by atoms with E-state index in [0.29, 0.717) is 29.2 Å². The first-order valence-corrected chi connectivity index (χ1v) is 11.7. The van der Waals surface area contributed by atoms with Gasteiger partial charge >= 0.3 is 0 Å². The van der Waals surface area contributed by atoms with E-state index in [2.05, 4.69) is 10.3 Å². The Morgan fingerprint density at radius 3 is 2.56 bits per heavy atom. The number of carbonyl (C=O) groups excluding carboxylic acids is 2. The van der Waals surface area contributed by atoms with Gasteiger partial charge in [0.15, 0.2) is 5.78 Å². The lowest BCUT2D eigenvalue weighted by Gasteiger charge is -2.14. The monoisotopic (exact) mass is 475 g/mol. The Balaban J connectivity index is 1.39. The van der Waals surface area contributed by atoms with E-state index in [0.717, 1.165) is 27.7 Å². The van der Waals surface area contributed by atoms with Gasteiger partial charge in [-0.3, -0.25) is 14.6 Å². The third kappa shape index (κ3) is 4.74. The molecule has 1 amide bonds. The highest BCUT2D eigenvalue weighted by Crippen LogP contribution is 2.32. The van der Waals surface area contributed by atoms with Gasteiger partial charge in [0.1, 0.15) is 11.5 Å². The van der Waals surface area contributed by atoms with Crippen LogP contribution in [0.25, 0.3) is 16.6 Å². The Morgan fingerprint density at radius 1 is 0.944 bits per heavy atom. The van der Waals surface area contributed by atoms with Crippen molar-refractivity contribution in [3.05, 3.63) is 120 Å². The molecule has 0 aliphatic carbocycles. The molecule has 0 unspecified atom stereocenters. The van der Waals surface area contributed by atoms with Crippen LogP contribution in [0.15, 0.2) is 97.5 Å². The number of Topliss-reactive ketones (excluding diaryl/α,β-unsaturated/α-hetero) is 1. The van der Waals surface area contributed by atoms with E-state index in [1.54, 1.807) is 25.3 Å². The molecule has 2 heterocycles. The average molecular weight is 476 g/mol. The third-order valence-corrected chi connectivity index (χ3v) is 6.13. The van der Waals surface area contributed by atoms with Crippen molar-refractivity contribution in [2.24, 2.45) is 0 Å². The van der Waals surface area contributed by atoms with Crippen LogP contribution in [-0.2, 0) is 6.54 Å². The van der Waals surface area contributed by atoms with Crippen molar-refractivity contribution < 1.29 is 14.3 Å². The number of nitrogens with zero attached hydrogens (tertiary/aromatic N) is 2. The molecule has 3 aromatic carbocycles. The highest BCUT2D eigenvalue weighted by atomic mass is 16.5. The van der Waals surface area contributed by atoms with Crippen LogP contribution < -0.4 is 10.1 Å². The van der Waals surface area contributed by atoms with Crippen LogP contribution in [0, 0.1) is 6.92 Å². The molecule has 178 valence electrons. The van der Waals surface area contributed by atoms with Gasteiger partial charge in [-0.2, -0.15) is 0 Å². The molecule has 0 radical (unpaired) electrons. The summed E-state index contributed by atoms with van der Waals surface area (Å²) in [5, 5.41) is 3.83. The van der Waals surface area contributed by atoms with Gasteiger partial charge in [-0.05, 0) is 61.9 Å². The van der Waals surface area contributed by atoms with Crippen LogP contribution in [0.5, 0.6) is 11.5 Å². The summed E-state index contributed by atoms with van der Waals surface area (Å²) in [6, 6.07) is 24.7. The summed E-state index contributed by atoms with van der Waals surface area (Å²) < 4.78 is 8.18. The van der Waals surface area contributed by atoms with E-state index in [1.165, 1.54) is 0 Å². The van der Waals surface area contributed by atoms with E-state index in [-0.39, 0.29) is 11.7 Å². The van der Waals surface area contributed by atoms with Crippen LogP contribution in [0.2, 0.25) is 0 Å². The SMILES string of the molecule is CC(=O)c1ccn(-c2ccc3c(Oc4cccc(C(=O)NCc5ccccc5)c4C)ccnc3c2)c1. The molecular weight excluding hydrogens is 450 g/mol. The number of hydrogen-bond donors (Lipinski definition) is 1. The quantitative estimate of drug-likeness (QED) is 0.282. The molecule has 0 fully saturated rings. The van der Waals surface area contributed by atoms with Crippen molar-refractivity contribution in [2.45, 2.75) is 20.4 Å². The third-order valence-electron chi connectivity index (χ3n) is 6.13. The zero-order valence-electron chi connectivity index (χ0n) is 20.1. The smallest absolute Gasteiger partial charge is 0.251 e. The zero-order valence-corrected chi connectivity index (χ0v) is 20.1. The fourth-order valence-corrected chi connectivity index (χ4v) is 4.09. The summed E-state index contributed by atoms with van der Waals surface area (Å²) in [5.74, 6) is 1.13. The highest BCUT2D eigenvalue weighted by Gasteiger charge is 2.14. The minimum atomic E-state index is -0.150. The average Bonchev–Trinajstić information content (AvgIpc) is 3.40. The Bertz CT molecular complexity index is 1570. The van der Waals surface area contributed by atoms with Crippen molar-refractivity contribution in [2.75, 3.05) is 0 Å². The molecule has 0 aliphatic heterocycles.